The summed E-state index contributed by atoms with van der Waals surface area (Å²) < 4.78 is 0. The SMILES string of the molecule is Nc1c(NC2CC2)[nH]c(=O)[nH]c1=O. The average molecular weight is 182 g/mol. The Kier molecular flexibility index (Phi) is 1.61. The van der Waals surface area contributed by atoms with Crippen molar-refractivity contribution in [2.24, 2.45) is 0 Å². The number of aromatic nitrogens is 2. The molecule has 1 heterocycles. The molecule has 1 fully saturated rings. The molecule has 0 aromatic carbocycles. The van der Waals surface area contributed by atoms with Gasteiger partial charge in [-0.25, -0.2) is 4.79 Å². The van der Waals surface area contributed by atoms with E-state index in [1.54, 1.807) is 0 Å². The van der Waals surface area contributed by atoms with Gasteiger partial charge >= 0.3 is 5.69 Å². The third-order valence-electron chi connectivity index (χ3n) is 1.91. The maximum absolute atomic E-state index is 11.0. The van der Waals surface area contributed by atoms with Crippen LogP contribution in [0, 0.1) is 0 Å². The van der Waals surface area contributed by atoms with Gasteiger partial charge in [-0.15, -0.1) is 0 Å². The summed E-state index contributed by atoms with van der Waals surface area (Å²) in [4.78, 5) is 26.4. The van der Waals surface area contributed by atoms with Crippen LogP contribution in [-0.2, 0) is 0 Å². The Hall–Kier alpha value is -1.72. The number of hydrogen-bond acceptors (Lipinski definition) is 4. The molecule has 0 unspecified atom stereocenters. The summed E-state index contributed by atoms with van der Waals surface area (Å²) in [6, 6.07) is 0.347. The number of H-pyrrole nitrogens is 2. The smallest absolute Gasteiger partial charge is 0.327 e. The van der Waals surface area contributed by atoms with E-state index < -0.39 is 11.2 Å². The van der Waals surface area contributed by atoms with Gasteiger partial charge in [-0.3, -0.25) is 14.8 Å². The van der Waals surface area contributed by atoms with Crippen LogP contribution in [0.5, 0.6) is 0 Å². The van der Waals surface area contributed by atoms with Crippen molar-refractivity contribution in [3.8, 4) is 0 Å². The maximum Gasteiger partial charge on any atom is 0.327 e. The predicted molar refractivity (Wildman–Crippen MR) is 48.7 cm³/mol. The summed E-state index contributed by atoms with van der Waals surface area (Å²) in [5, 5.41) is 2.97. The Labute approximate surface area is 73.2 Å². The van der Waals surface area contributed by atoms with Crippen molar-refractivity contribution in [2.45, 2.75) is 18.9 Å². The van der Waals surface area contributed by atoms with Crippen LogP contribution in [0.3, 0.4) is 0 Å². The second-order valence-electron chi connectivity index (χ2n) is 3.12. The highest BCUT2D eigenvalue weighted by atomic mass is 16.2. The zero-order chi connectivity index (χ0) is 9.42. The summed E-state index contributed by atoms with van der Waals surface area (Å²) in [6.45, 7) is 0. The van der Waals surface area contributed by atoms with E-state index in [0.717, 1.165) is 12.8 Å². The van der Waals surface area contributed by atoms with E-state index in [9.17, 15) is 9.59 Å². The molecule has 13 heavy (non-hydrogen) atoms. The van der Waals surface area contributed by atoms with Crippen LogP contribution in [0.25, 0.3) is 0 Å². The zero-order valence-electron chi connectivity index (χ0n) is 6.89. The molecule has 1 aromatic heterocycles. The molecule has 0 amide bonds. The van der Waals surface area contributed by atoms with Gasteiger partial charge in [-0.05, 0) is 12.8 Å². The largest absolute Gasteiger partial charge is 0.391 e. The minimum Gasteiger partial charge on any atom is -0.391 e. The minimum absolute atomic E-state index is 0.0338. The standard InChI is InChI=1S/C7H10N4O2/c8-4-5(9-3-1-2-3)10-7(13)11-6(4)12/h3H,1-2,8H2,(H3,9,10,11,12,13). The first-order chi connectivity index (χ1) is 6.16. The topological polar surface area (TPSA) is 104 Å². The van der Waals surface area contributed by atoms with E-state index in [2.05, 4.69) is 10.3 Å². The lowest BCUT2D eigenvalue weighted by atomic mass is 10.4. The molecule has 70 valence electrons. The molecule has 1 aliphatic carbocycles. The number of rotatable bonds is 2. The lowest BCUT2D eigenvalue weighted by Gasteiger charge is -2.05. The van der Waals surface area contributed by atoms with E-state index in [4.69, 9.17) is 5.73 Å². The summed E-state index contributed by atoms with van der Waals surface area (Å²) in [7, 11) is 0. The normalized spacial score (nSPS) is 15.7. The third-order valence-corrected chi connectivity index (χ3v) is 1.91. The number of nitrogens with two attached hydrogens (primary N) is 1. The molecular weight excluding hydrogens is 172 g/mol. The first-order valence-electron chi connectivity index (χ1n) is 4.05. The molecule has 6 heteroatoms. The molecule has 0 bridgehead atoms. The number of hydrogen-bond donors (Lipinski definition) is 4. The van der Waals surface area contributed by atoms with E-state index in [-0.39, 0.29) is 5.69 Å². The molecule has 0 saturated heterocycles. The number of nitrogen functional groups attached to an aromatic ring is 1. The van der Waals surface area contributed by atoms with Gasteiger partial charge in [0, 0.05) is 6.04 Å². The van der Waals surface area contributed by atoms with Gasteiger partial charge < -0.3 is 11.1 Å². The molecule has 0 radical (unpaired) electrons. The van der Waals surface area contributed by atoms with Crippen LogP contribution in [0.15, 0.2) is 9.59 Å². The highest BCUT2D eigenvalue weighted by Crippen LogP contribution is 2.24. The number of anilines is 2. The minimum atomic E-state index is -0.549. The molecule has 5 N–H and O–H groups in total. The second kappa shape index (κ2) is 2.65. The Morgan fingerprint density at radius 1 is 1.31 bits per heavy atom. The molecule has 2 rings (SSSR count). The molecule has 0 atom stereocenters. The van der Waals surface area contributed by atoms with Crippen molar-refractivity contribution in [1.29, 1.82) is 0 Å². The monoisotopic (exact) mass is 182 g/mol. The van der Waals surface area contributed by atoms with Gasteiger partial charge in [-0.1, -0.05) is 0 Å². The van der Waals surface area contributed by atoms with Crippen LogP contribution < -0.4 is 22.3 Å². The third kappa shape index (κ3) is 1.56. The molecule has 6 nitrogen and oxygen atoms in total. The van der Waals surface area contributed by atoms with Crippen molar-refractivity contribution in [1.82, 2.24) is 9.97 Å². The summed E-state index contributed by atoms with van der Waals surface area (Å²) in [5.41, 5.74) is 4.40. The van der Waals surface area contributed by atoms with Gasteiger partial charge in [-0.2, -0.15) is 0 Å². The van der Waals surface area contributed by atoms with E-state index in [0.29, 0.717) is 11.9 Å². The Morgan fingerprint density at radius 2 is 2.00 bits per heavy atom. The molecule has 0 aliphatic heterocycles. The lowest BCUT2D eigenvalue weighted by Crippen LogP contribution is -2.27. The quantitative estimate of drug-likeness (QED) is 0.481. The highest BCUT2D eigenvalue weighted by molar-refractivity contribution is 5.59. The lowest BCUT2D eigenvalue weighted by molar-refractivity contribution is 1.01. The van der Waals surface area contributed by atoms with E-state index >= 15 is 0 Å². The van der Waals surface area contributed by atoms with Gasteiger partial charge in [0.15, 0.2) is 0 Å². The van der Waals surface area contributed by atoms with Gasteiger partial charge in [0.25, 0.3) is 5.56 Å². The summed E-state index contributed by atoms with van der Waals surface area (Å²) in [5.74, 6) is 0.330. The van der Waals surface area contributed by atoms with Crippen LogP contribution in [0.4, 0.5) is 11.5 Å². The van der Waals surface area contributed by atoms with Gasteiger partial charge in [0.2, 0.25) is 0 Å². The zero-order valence-corrected chi connectivity index (χ0v) is 6.89. The van der Waals surface area contributed by atoms with Crippen molar-refractivity contribution >= 4 is 11.5 Å². The average Bonchev–Trinajstić information content (AvgIpc) is 2.83. The van der Waals surface area contributed by atoms with Crippen molar-refractivity contribution < 1.29 is 0 Å². The number of nitrogens with one attached hydrogen (secondary N) is 3. The fraction of sp³-hybridized carbons (Fsp3) is 0.429. The van der Waals surface area contributed by atoms with Gasteiger partial charge in [0.05, 0.1) is 0 Å². The van der Waals surface area contributed by atoms with Gasteiger partial charge in [0.1, 0.15) is 11.5 Å². The first-order valence-corrected chi connectivity index (χ1v) is 4.05. The summed E-state index contributed by atoms with van der Waals surface area (Å²) >= 11 is 0. The Bertz CT molecular complexity index is 429. The van der Waals surface area contributed by atoms with E-state index in [1.807, 2.05) is 4.98 Å². The Morgan fingerprint density at radius 3 is 2.62 bits per heavy atom. The predicted octanol–water partition coefficient (Wildman–Crippen LogP) is -0.780. The second-order valence-corrected chi connectivity index (χ2v) is 3.12. The Balaban J connectivity index is 2.42. The van der Waals surface area contributed by atoms with Crippen molar-refractivity contribution in [3.05, 3.63) is 20.8 Å². The number of aromatic amines is 2. The fourth-order valence-electron chi connectivity index (χ4n) is 1.04. The van der Waals surface area contributed by atoms with Crippen LogP contribution in [-0.4, -0.2) is 16.0 Å². The van der Waals surface area contributed by atoms with Crippen molar-refractivity contribution in [2.75, 3.05) is 11.1 Å². The maximum atomic E-state index is 11.0. The summed E-state index contributed by atoms with van der Waals surface area (Å²) in [6.07, 6.45) is 2.10. The molecular formula is C7H10N4O2. The van der Waals surface area contributed by atoms with Crippen LogP contribution >= 0.6 is 0 Å². The van der Waals surface area contributed by atoms with Crippen LogP contribution in [0.1, 0.15) is 12.8 Å². The molecule has 0 spiro atoms. The molecule has 1 aromatic rings. The van der Waals surface area contributed by atoms with Crippen LogP contribution in [0.2, 0.25) is 0 Å². The van der Waals surface area contributed by atoms with Crippen molar-refractivity contribution in [3.63, 3.8) is 0 Å². The molecule has 1 saturated carbocycles. The highest BCUT2D eigenvalue weighted by Gasteiger charge is 2.22. The van der Waals surface area contributed by atoms with E-state index in [1.165, 1.54) is 0 Å². The first kappa shape index (κ1) is 7.90. The fourth-order valence-corrected chi connectivity index (χ4v) is 1.04. The molecule has 1 aliphatic rings.